The minimum atomic E-state index is 0.359. The highest BCUT2D eigenvalue weighted by atomic mass is 15.2. The van der Waals surface area contributed by atoms with Crippen molar-refractivity contribution in [3.05, 3.63) is 30.4 Å². The molecule has 1 aromatic rings. The van der Waals surface area contributed by atoms with E-state index in [-0.39, 0.29) is 0 Å². The average Bonchev–Trinajstić information content (AvgIpc) is 3.29. The molecule has 0 bridgehead atoms. The molecule has 0 aromatic carbocycles. The summed E-state index contributed by atoms with van der Waals surface area (Å²) in [5.41, 5.74) is 2.27. The first-order chi connectivity index (χ1) is 10.2. The molecule has 4 heteroatoms. The van der Waals surface area contributed by atoms with Gasteiger partial charge in [0.1, 0.15) is 5.82 Å². The van der Waals surface area contributed by atoms with Crippen LogP contribution in [-0.4, -0.2) is 29.1 Å². The Morgan fingerprint density at radius 2 is 2.24 bits per heavy atom. The van der Waals surface area contributed by atoms with E-state index >= 15 is 0 Å². The third kappa shape index (κ3) is 4.53. The fraction of sp³-hybridized carbons (Fsp3) is 0.647. The first-order valence-corrected chi connectivity index (χ1v) is 8.10. The summed E-state index contributed by atoms with van der Waals surface area (Å²) >= 11 is 0. The number of hydrogen-bond acceptors (Lipinski definition) is 4. The highest BCUT2D eigenvalue weighted by Crippen LogP contribution is 2.23. The largest absolute Gasteiger partial charge is 0.365 e. The number of anilines is 1. The van der Waals surface area contributed by atoms with Crippen LogP contribution in [0, 0.1) is 0 Å². The van der Waals surface area contributed by atoms with Gasteiger partial charge in [0.05, 0.1) is 17.6 Å². The second-order valence-corrected chi connectivity index (χ2v) is 6.10. The second kappa shape index (κ2) is 7.55. The molecule has 0 radical (unpaired) electrons. The molecule has 0 amide bonds. The van der Waals surface area contributed by atoms with Gasteiger partial charge in [-0.3, -0.25) is 0 Å². The van der Waals surface area contributed by atoms with Crippen LogP contribution in [0.3, 0.4) is 0 Å². The van der Waals surface area contributed by atoms with Crippen LogP contribution in [0.4, 0.5) is 5.69 Å². The molecule has 1 aliphatic rings. The molecule has 1 fully saturated rings. The number of nitrogens with zero attached hydrogens (tertiary/aromatic N) is 3. The number of rotatable bonds is 9. The van der Waals surface area contributed by atoms with Gasteiger partial charge in [0.2, 0.25) is 0 Å². The Bertz CT molecular complexity index is 466. The van der Waals surface area contributed by atoms with E-state index in [1.165, 1.54) is 12.8 Å². The highest BCUT2D eigenvalue weighted by Gasteiger charge is 2.22. The Balaban J connectivity index is 2.24. The van der Waals surface area contributed by atoms with Crippen LogP contribution in [0.15, 0.2) is 18.9 Å². The van der Waals surface area contributed by atoms with Crippen LogP contribution in [0.5, 0.6) is 0 Å². The molecule has 1 aromatic heterocycles. The standard InChI is InChI=1S/C17H28N4/c1-5-9-21(10-6-2)16-12-19-17(13(3)4)20-15(16)11-18-14-7-8-14/h5,12-14,18H,1,6-11H2,2-4H3. The quantitative estimate of drug-likeness (QED) is 0.708. The molecular formula is C17H28N4. The second-order valence-electron chi connectivity index (χ2n) is 6.10. The molecule has 2 rings (SSSR count). The minimum Gasteiger partial charge on any atom is -0.365 e. The third-order valence-electron chi connectivity index (χ3n) is 3.70. The lowest BCUT2D eigenvalue weighted by Gasteiger charge is -2.25. The van der Waals surface area contributed by atoms with E-state index in [0.717, 1.165) is 43.3 Å². The zero-order chi connectivity index (χ0) is 15.2. The van der Waals surface area contributed by atoms with Gasteiger partial charge in [0.25, 0.3) is 0 Å². The lowest BCUT2D eigenvalue weighted by Crippen LogP contribution is -2.28. The van der Waals surface area contributed by atoms with Crippen LogP contribution in [-0.2, 0) is 6.54 Å². The molecule has 0 spiro atoms. The summed E-state index contributed by atoms with van der Waals surface area (Å²) in [5, 5.41) is 3.58. The molecule has 1 N–H and O–H groups in total. The Hall–Kier alpha value is -1.42. The van der Waals surface area contributed by atoms with Crippen molar-refractivity contribution < 1.29 is 0 Å². The summed E-state index contributed by atoms with van der Waals surface area (Å²) in [7, 11) is 0. The molecule has 0 aliphatic heterocycles. The van der Waals surface area contributed by atoms with Crippen molar-refractivity contribution in [1.29, 1.82) is 0 Å². The summed E-state index contributed by atoms with van der Waals surface area (Å²) in [5.74, 6) is 1.29. The summed E-state index contributed by atoms with van der Waals surface area (Å²) < 4.78 is 0. The van der Waals surface area contributed by atoms with Crippen LogP contribution in [0.1, 0.15) is 57.5 Å². The molecule has 1 heterocycles. The van der Waals surface area contributed by atoms with E-state index in [1.807, 2.05) is 12.3 Å². The van der Waals surface area contributed by atoms with Crippen molar-refractivity contribution in [3.63, 3.8) is 0 Å². The van der Waals surface area contributed by atoms with Crippen molar-refractivity contribution in [2.24, 2.45) is 0 Å². The normalized spacial score (nSPS) is 14.5. The minimum absolute atomic E-state index is 0.359. The fourth-order valence-corrected chi connectivity index (χ4v) is 2.36. The Morgan fingerprint density at radius 1 is 1.48 bits per heavy atom. The highest BCUT2D eigenvalue weighted by molar-refractivity contribution is 5.49. The van der Waals surface area contributed by atoms with Gasteiger partial charge in [-0.05, 0) is 19.3 Å². The number of hydrogen-bond donors (Lipinski definition) is 1. The predicted octanol–water partition coefficient (Wildman–Crippen LogP) is 3.25. The summed E-state index contributed by atoms with van der Waals surface area (Å²) in [6, 6.07) is 0.689. The summed E-state index contributed by atoms with van der Waals surface area (Å²) in [6.07, 6.45) is 7.64. The van der Waals surface area contributed by atoms with Crippen molar-refractivity contribution in [2.45, 2.75) is 58.5 Å². The predicted molar refractivity (Wildman–Crippen MR) is 88.7 cm³/mol. The van der Waals surface area contributed by atoms with Gasteiger partial charge >= 0.3 is 0 Å². The SMILES string of the molecule is C=CCN(CCC)c1cnc(C(C)C)nc1CNC1CC1. The average molecular weight is 288 g/mol. The van der Waals surface area contributed by atoms with Crippen LogP contribution < -0.4 is 10.2 Å². The van der Waals surface area contributed by atoms with E-state index in [0.29, 0.717) is 12.0 Å². The lowest BCUT2D eigenvalue weighted by atomic mass is 10.2. The zero-order valence-corrected chi connectivity index (χ0v) is 13.6. The van der Waals surface area contributed by atoms with Crippen molar-refractivity contribution in [2.75, 3.05) is 18.0 Å². The van der Waals surface area contributed by atoms with Crippen molar-refractivity contribution >= 4 is 5.69 Å². The van der Waals surface area contributed by atoms with Gasteiger partial charge in [-0.2, -0.15) is 0 Å². The topological polar surface area (TPSA) is 41.1 Å². The van der Waals surface area contributed by atoms with Crippen molar-refractivity contribution in [1.82, 2.24) is 15.3 Å². The molecule has 0 saturated heterocycles. The maximum atomic E-state index is 4.81. The molecular weight excluding hydrogens is 260 g/mol. The number of nitrogens with one attached hydrogen (secondary N) is 1. The maximum absolute atomic E-state index is 4.81. The van der Waals surface area contributed by atoms with Gasteiger partial charge in [-0.15, -0.1) is 6.58 Å². The van der Waals surface area contributed by atoms with Crippen molar-refractivity contribution in [3.8, 4) is 0 Å². The smallest absolute Gasteiger partial charge is 0.131 e. The van der Waals surface area contributed by atoms with Gasteiger partial charge in [0, 0.05) is 31.6 Å². The first-order valence-electron chi connectivity index (χ1n) is 8.10. The van der Waals surface area contributed by atoms with Crippen LogP contribution >= 0.6 is 0 Å². The third-order valence-corrected chi connectivity index (χ3v) is 3.70. The van der Waals surface area contributed by atoms with E-state index in [9.17, 15) is 0 Å². The number of aromatic nitrogens is 2. The zero-order valence-electron chi connectivity index (χ0n) is 13.6. The summed E-state index contributed by atoms with van der Waals surface area (Å²) in [6.45, 7) is 13.0. The van der Waals surface area contributed by atoms with Gasteiger partial charge in [0.15, 0.2) is 0 Å². The maximum Gasteiger partial charge on any atom is 0.131 e. The van der Waals surface area contributed by atoms with Crippen LogP contribution in [0.2, 0.25) is 0 Å². The van der Waals surface area contributed by atoms with Gasteiger partial charge in [-0.25, -0.2) is 9.97 Å². The van der Waals surface area contributed by atoms with Gasteiger partial charge < -0.3 is 10.2 Å². The Labute approximate surface area is 128 Å². The molecule has 1 aliphatic carbocycles. The summed E-state index contributed by atoms with van der Waals surface area (Å²) in [4.78, 5) is 11.7. The van der Waals surface area contributed by atoms with Gasteiger partial charge in [-0.1, -0.05) is 26.8 Å². The molecule has 1 saturated carbocycles. The lowest BCUT2D eigenvalue weighted by molar-refractivity contribution is 0.654. The Kier molecular flexibility index (Phi) is 5.74. The monoisotopic (exact) mass is 288 g/mol. The molecule has 4 nitrogen and oxygen atoms in total. The van der Waals surface area contributed by atoms with E-state index in [2.05, 4.69) is 42.6 Å². The fourth-order valence-electron chi connectivity index (χ4n) is 2.36. The molecule has 0 atom stereocenters. The van der Waals surface area contributed by atoms with E-state index < -0.39 is 0 Å². The molecule has 21 heavy (non-hydrogen) atoms. The molecule has 116 valence electrons. The van der Waals surface area contributed by atoms with Crippen LogP contribution in [0.25, 0.3) is 0 Å². The van der Waals surface area contributed by atoms with E-state index in [1.54, 1.807) is 0 Å². The molecule has 0 unspecified atom stereocenters. The first kappa shape index (κ1) is 16.0. The van der Waals surface area contributed by atoms with E-state index in [4.69, 9.17) is 4.98 Å². The Morgan fingerprint density at radius 3 is 2.81 bits per heavy atom.